The summed E-state index contributed by atoms with van der Waals surface area (Å²) in [6.45, 7) is 2.53. The normalized spacial score (nSPS) is 11.1. The number of hydrogen-bond donors (Lipinski definition) is 1. The Morgan fingerprint density at radius 2 is 1.78 bits per heavy atom. The van der Waals surface area contributed by atoms with Crippen LogP contribution >= 0.6 is 0 Å². The monoisotopic (exact) mass is 481 g/mol. The van der Waals surface area contributed by atoms with Crippen LogP contribution in [0.25, 0.3) is 21.9 Å². The molecule has 3 aromatic heterocycles. The van der Waals surface area contributed by atoms with Crippen molar-refractivity contribution in [2.75, 3.05) is 14.2 Å². The van der Waals surface area contributed by atoms with Gasteiger partial charge in [-0.2, -0.15) is 0 Å². The molecule has 1 N–H and O–H groups in total. The molecule has 2 aromatic carbocycles. The van der Waals surface area contributed by atoms with Crippen molar-refractivity contribution in [3.05, 3.63) is 95.2 Å². The lowest BCUT2D eigenvalue weighted by Crippen LogP contribution is -2.23. The van der Waals surface area contributed by atoms with Gasteiger partial charge in [0, 0.05) is 42.5 Å². The Hall–Kier alpha value is -4.79. The van der Waals surface area contributed by atoms with Gasteiger partial charge in [-0.3, -0.25) is 14.3 Å². The molecular weight excluding hydrogens is 458 g/mol. The highest BCUT2D eigenvalue weighted by atomic mass is 16.5. The molecule has 36 heavy (non-hydrogen) atoms. The second kappa shape index (κ2) is 9.10. The number of aryl methyl sites for hydroxylation is 1. The zero-order valence-corrected chi connectivity index (χ0v) is 20.0. The molecule has 0 unspecified atom stereocenters. The molecule has 0 aliphatic rings. The fourth-order valence-corrected chi connectivity index (χ4v) is 4.43. The number of rotatable bonds is 5. The molecule has 5 aromatic rings. The average Bonchev–Trinajstić information content (AvgIpc) is 3.45. The number of esters is 1. The molecule has 0 saturated carbocycles. The number of pyridine rings is 1. The lowest BCUT2D eigenvalue weighted by molar-refractivity contribution is 0.0603. The lowest BCUT2D eigenvalue weighted by atomic mass is 9.98. The van der Waals surface area contributed by atoms with Crippen LogP contribution in [0.1, 0.15) is 37.7 Å². The topological polar surface area (TPSA) is 108 Å². The average molecular weight is 482 g/mol. The standard InChI is InChI=1S/C27H23N5O4/c1-16-30-21-13-29-12-11-22(21)31(16)14-17-7-9-18(10-8-17)25(33)20-15-32(27(35)28-2)23-6-4-5-19(24(20)23)26(34)36-3/h4-13,15H,14H2,1-3H3,(H,28,35). The van der Waals surface area contributed by atoms with Gasteiger partial charge in [0.15, 0.2) is 5.78 Å². The Bertz CT molecular complexity index is 1650. The maximum atomic E-state index is 13.6. The summed E-state index contributed by atoms with van der Waals surface area (Å²) in [6, 6.07) is 13.7. The summed E-state index contributed by atoms with van der Waals surface area (Å²) < 4.78 is 8.33. The first-order valence-corrected chi connectivity index (χ1v) is 11.3. The van der Waals surface area contributed by atoms with Crippen molar-refractivity contribution >= 4 is 39.7 Å². The zero-order valence-electron chi connectivity index (χ0n) is 20.0. The Morgan fingerprint density at radius 3 is 2.50 bits per heavy atom. The molecule has 9 heteroatoms. The summed E-state index contributed by atoms with van der Waals surface area (Å²) in [7, 11) is 2.78. The van der Waals surface area contributed by atoms with E-state index in [1.807, 2.05) is 25.1 Å². The van der Waals surface area contributed by atoms with Gasteiger partial charge in [-0.05, 0) is 30.7 Å². The minimum Gasteiger partial charge on any atom is -0.465 e. The molecule has 0 fully saturated rings. The Labute approximate surface area is 206 Å². The van der Waals surface area contributed by atoms with Crippen LogP contribution in [0.15, 0.2) is 67.1 Å². The number of carbonyl (C=O) groups is 3. The van der Waals surface area contributed by atoms with Crippen molar-refractivity contribution in [2.45, 2.75) is 13.5 Å². The van der Waals surface area contributed by atoms with E-state index in [1.165, 1.54) is 24.9 Å². The predicted octanol–water partition coefficient (Wildman–Crippen LogP) is 3.95. The molecule has 0 aliphatic heterocycles. The van der Waals surface area contributed by atoms with E-state index in [0.717, 1.165) is 22.4 Å². The smallest absolute Gasteiger partial charge is 0.338 e. The van der Waals surface area contributed by atoms with Crippen LogP contribution in [0, 0.1) is 6.92 Å². The van der Waals surface area contributed by atoms with Gasteiger partial charge in [0.1, 0.15) is 11.3 Å². The highest BCUT2D eigenvalue weighted by Gasteiger charge is 2.24. The first kappa shape index (κ1) is 23.0. The molecule has 3 heterocycles. The number of methoxy groups -OCH3 is 1. The molecule has 0 aliphatic carbocycles. The number of imidazole rings is 1. The number of amides is 1. The Balaban J connectivity index is 1.53. The quantitative estimate of drug-likeness (QED) is 0.301. The van der Waals surface area contributed by atoms with Gasteiger partial charge in [-0.1, -0.05) is 30.3 Å². The van der Waals surface area contributed by atoms with E-state index in [1.54, 1.807) is 42.7 Å². The van der Waals surface area contributed by atoms with Crippen molar-refractivity contribution < 1.29 is 19.1 Å². The second-order valence-electron chi connectivity index (χ2n) is 8.29. The summed E-state index contributed by atoms with van der Waals surface area (Å²) in [5.41, 5.74) is 4.14. The van der Waals surface area contributed by atoms with Crippen LogP contribution in [0.2, 0.25) is 0 Å². The Morgan fingerprint density at radius 1 is 1.00 bits per heavy atom. The van der Waals surface area contributed by atoms with E-state index in [0.29, 0.717) is 23.0 Å². The van der Waals surface area contributed by atoms with Gasteiger partial charge in [0.25, 0.3) is 0 Å². The summed E-state index contributed by atoms with van der Waals surface area (Å²) >= 11 is 0. The molecule has 0 radical (unpaired) electrons. The number of benzene rings is 2. The van der Waals surface area contributed by atoms with E-state index >= 15 is 0 Å². The van der Waals surface area contributed by atoms with Crippen LogP contribution in [-0.4, -0.2) is 51.0 Å². The maximum absolute atomic E-state index is 13.6. The number of hydrogen-bond acceptors (Lipinski definition) is 6. The largest absolute Gasteiger partial charge is 0.465 e. The van der Waals surface area contributed by atoms with Crippen molar-refractivity contribution in [1.29, 1.82) is 0 Å². The first-order chi connectivity index (χ1) is 17.4. The number of ketones is 1. The minimum atomic E-state index is -0.585. The van der Waals surface area contributed by atoms with Crippen molar-refractivity contribution in [1.82, 2.24) is 24.4 Å². The molecule has 0 spiro atoms. The van der Waals surface area contributed by atoms with Crippen LogP contribution in [-0.2, 0) is 11.3 Å². The van der Waals surface area contributed by atoms with Gasteiger partial charge in [0.2, 0.25) is 0 Å². The van der Waals surface area contributed by atoms with E-state index < -0.39 is 12.0 Å². The van der Waals surface area contributed by atoms with Gasteiger partial charge in [0.05, 0.1) is 29.9 Å². The fourth-order valence-electron chi connectivity index (χ4n) is 4.43. The third kappa shape index (κ3) is 3.80. The molecule has 0 saturated heterocycles. The number of ether oxygens (including phenoxy) is 1. The SMILES string of the molecule is CNC(=O)n1cc(C(=O)c2ccc(Cn3c(C)nc4cnccc43)cc2)c2c(C(=O)OC)cccc21. The molecule has 180 valence electrons. The number of aromatic nitrogens is 4. The van der Waals surface area contributed by atoms with Gasteiger partial charge in [-0.15, -0.1) is 0 Å². The molecule has 0 atom stereocenters. The first-order valence-electron chi connectivity index (χ1n) is 11.3. The molecule has 1 amide bonds. The second-order valence-corrected chi connectivity index (χ2v) is 8.29. The van der Waals surface area contributed by atoms with Crippen molar-refractivity contribution in [2.24, 2.45) is 0 Å². The predicted molar refractivity (Wildman–Crippen MR) is 134 cm³/mol. The van der Waals surface area contributed by atoms with E-state index in [9.17, 15) is 14.4 Å². The molecular formula is C27H23N5O4. The summed E-state index contributed by atoms with van der Waals surface area (Å²) in [5, 5.41) is 2.93. The Kier molecular flexibility index (Phi) is 5.81. The highest BCUT2D eigenvalue weighted by molar-refractivity contribution is 6.21. The minimum absolute atomic E-state index is 0.217. The van der Waals surface area contributed by atoms with Crippen LogP contribution < -0.4 is 5.32 Å². The van der Waals surface area contributed by atoms with E-state index in [-0.39, 0.29) is 16.9 Å². The molecule has 5 rings (SSSR count). The maximum Gasteiger partial charge on any atom is 0.338 e. The van der Waals surface area contributed by atoms with E-state index in [2.05, 4.69) is 19.9 Å². The van der Waals surface area contributed by atoms with Crippen LogP contribution in [0.3, 0.4) is 0 Å². The summed E-state index contributed by atoms with van der Waals surface area (Å²) in [5.74, 6) is -0.0193. The van der Waals surface area contributed by atoms with Gasteiger partial charge in [-0.25, -0.2) is 14.6 Å². The summed E-state index contributed by atoms with van der Waals surface area (Å²) in [4.78, 5) is 47.2. The number of nitrogens with zero attached hydrogens (tertiary/aromatic N) is 4. The number of carbonyl (C=O) groups excluding carboxylic acids is 3. The molecule has 9 nitrogen and oxygen atoms in total. The van der Waals surface area contributed by atoms with Crippen LogP contribution in [0.5, 0.6) is 0 Å². The summed E-state index contributed by atoms with van der Waals surface area (Å²) in [6.07, 6.45) is 4.93. The molecule has 0 bridgehead atoms. The zero-order chi connectivity index (χ0) is 25.4. The van der Waals surface area contributed by atoms with Gasteiger partial charge < -0.3 is 14.6 Å². The third-order valence-electron chi connectivity index (χ3n) is 6.21. The lowest BCUT2D eigenvalue weighted by Gasteiger charge is -2.08. The highest BCUT2D eigenvalue weighted by Crippen LogP contribution is 2.28. The van der Waals surface area contributed by atoms with Crippen molar-refractivity contribution in [3.63, 3.8) is 0 Å². The third-order valence-corrected chi connectivity index (χ3v) is 6.21. The number of nitrogens with one attached hydrogen (secondary N) is 1. The number of fused-ring (bicyclic) bond motifs is 2. The van der Waals surface area contributed by atoms with E-state index in [4.69, 9.17) is 4.74 Å². The fraction of sp³-hybridized carbons (Fsp3) is 0.148. The van der Waals surface area contributed by atoms with Crippen LogP contribution in [0.4, 0.5) is 4.79 Å². The van der Waals surface area contributed by atoms with Crippen molar-refractivity contribution in [3.8, 4) is 0 Å². The van der Waals surface area contributed by atoms with Gasteiger partial charge >= 0.3 is 12.0 Å².